The van der Waals surface area contributed by atoms with Gasteiger partial charge < -0.3 is 15.1 Å². The lowest BCUT2D eigenvalue weighted by Crippen LogP contribution is -2.42. The molecule has 4 aromatic rings. The van der Waals surface area contributed by atoms with E-state index in [1.54, 1.807) is 18.3 Å². The lowest BCUT2D eigenvalue weighted by Gasteiger charge is -2.27. The van der Waals surface area contributed by atoms with Crippen molar-refractivity contribution in [2.75, 3.05) is 31.5 Å². The first kappa shape index (κ1) is 19.4. The minimum Gasteiger partial charge on any atom is -0.436 e. The molecule has 0 spiro atoms. The van der Waals surface area contributed by atoms with E-state index in [2.05, 4.69) is 37.6 Å². The molecule has 1 fully saturated rings. The van der Waals surface area contributed by atoms with Crippen LogP contribution in [0.3, 0.4) is 0 Å². The third-order valence-corrected chi connectivity index (χ3v) is 5.40. The van der Waals surface area contributed by atoms with Gasteiger partial charge in [0, 0.05) is 45.1 Å². The molecular weight excluding hydrogens is 390 g/mol. The zero-order valence-corrected chi connectivity index (χ0v) is 17.0. The summed E-state index contributed by atoms with van der Waals surface area (Å²) in [5, 5.41) is 6.32. The van der Waals surface area contributed by atoms with Crippen LogP contribution in [0.1, 0.15) is 15.9 Å². The van der Waals surface area contributed by atoms with Gasteiger partial charge in [-0.25, -0.2) is 4.98 Å². The Labute approximate surface area is 180 Å². The monoisotopic (exact) mass is 413 g/mol. The molecular formula is C24H23N5O2. The van der Waals surface area contributed by atoms with Crippen molar-refractivity contribution in [2.45, 2.75) is 6.54 Å². The molecule has 31 heavy (non-hydrogen) atoms. The van der Waals surface area contributed by atoms with E-state index < -0.39 is 0 Å². The predicted molar refractivity (Wildman–Crippen MR) is 120 cm³/mol. The number of fused-ring (bicyclic) bond motifs is 1. The highest BCUT2D eigenvalue weighted by molar-refractivity contribution is 6.05. The van der Waals surface area contributed by atoms with Crippen LogP contribution >= 0.6 is 0 Å². The second-order valence-corrected chi connectivity index (χ2v) is 7.59. The Kier molecular flexibility index (Phi) is 5.43. The third-order valence-electron chi connectivity index (χ3n) is 5.40. The van der Waals surface area contributed by atoms with Gasteiger partial charge in [0.05, 0.1) is 16.8 Å². The van der Waals surface area contributed by atoms with Gasteiger partial charge in [0.25, 0.3) is 5.91 Å². The van der Waals surface area contributed by atoms with E-state index in [1.807, 2.05) is 30.3 Å². The fourth-order valence-electron chi connectivity index (χ4n) is 3.78. The zero-order chi connectivity index (χ0) is 21.0. The van der Waals surface area contributed by atoms with Crippen LogP contribution in [-0.4, -0.2) is 47.0 Å². The van der Waals surface area contributed by atoms with Crippen LogP contribution in [0.4, 0.5) is 5.69 Å². The Morgan fingerprint density at radius 3 is 2.81 bits per heavy atom. The summed E-state index contributed by atoms with van der Waals surface area (Å²) in [6.07, 6.45) is 3.18. The standard InChI is InChI=1S/C24H23N5O2/c30-23(18-4-3-9-26-15-18)27-20-6-2-1-5-19(20)24-28-21-8-7-17(14-22(21)31-24)16-29-12-10-25-11-13-29/h1-9,14-15,25H,10-13,16H2,(H,27,30). The molecule has 2 aromatic heterocycles. The minimum atomic E-state index is -0.227. The van der Waals surface area contributed by atoms with E-state index in [0.29, 0.717) is 17.1 Å². The van der Waals surface area contributed by atoms with Crippen molar-refractivity contribution < 1.29 is 9.21 Å². The number of amides is 1. The highest BCUT2D eigenvalue weighted by Crippen LogP contribution is 2.31. The third kappa shape index (κ3) is 4.33. The number of hydrogen-bond donors (Lipinski definition) is 2. The predicted octanol–water partition coefficient (Wildman–Crippen LogP) is 3.55. The van der Waals surface area contributed by atoms with E-state index in [1.165, 1.54) is 11.8 Å². The number of para-hydroxylation sites is 1. The molecule has 2 N–H and O–H groups in total. The van der Waals surface area contributed by atoms with Crippen molar-refractivity contribution in [3.05, 3.63) is 78.1 Å². The highest BCUT2D eigenvalue weighted by atomic mass is 16.3. The molecule has 1 aliphatic rings. The van der Waals surface area contributed by atoms with E-state index in [9.17, 15) is 4.79 Å². The number of rotatable bonds is 5. The van der Waals surface area contributed by atoms with E-state index in [4.69, 9.17) is 4.42 Å². The summed E-state index contributed by atoms with van der Waals surface area (Å²) < 4.78 is 6.11. The molecule has 7 nitrogen and oxygen atoms in total. The van der Waals surface area contributed by atoms with Crippen LogP contribution in [0.5, 0.6) is 0 Å². The molecule has 3 heterocycles. The van der Waals surface area contributed by atoms with Gasteiger partial charge >= 0.3 is 0 Å². The van der Waals surface area contributed by atoms with E-state index in [0.717, 1.165) is 49.4 Å². The van der Waals surface area contributed by atoms with Crippen molar-refractivity contribution in [3.63, 3.8) is 0 Å². The molecule has 1 amide bonds. The van der Waals surface area contributed by atoms with Crippen LogP contribution in [0, 0.1) is 0 Å². The molecule has 7 heteroatoms. The normalized spacial score (nSPS) is 14.6. The number of carbonyl (C=O) groups is 1. The molecule has 0 bridgehead atoms. The summed E-state index contributed by atoms with van der Waals surface area (Å²) in [6.45, 7) is 5.03. The first-order valence-electron chi connectivity index (χ1n) is 10.4. The van der Waals surface area contributed by atoms with Gasteiger partial charge in [-0.2, -0.15) is 0 Å². The summed E-state index contributed by atoms with van der Waals surface area (Å²) in [4.78, 5) is 23.7. The number of pyridine rings is 1. The van der Waals surface area contributed by atoms with Crippen LogP contribution in [0.25, 0.3) is 22.6 Å². The largest absolute Gasteiger partial charge is 0.436 e. The summed E-state index contributed by atoms with van der Waals surface area (Å²) >= 11 is 0. The number of anilines is 1. The first-order chi connectivity index (χ1) is 15.3. The van der Waals surface area contributed by atoms with Crippen LogP contribution in [0.15, 0.2) is 71.4 Å². The maximum absolute atomic E-state index is 12.6. The molecule has 0 radical (unpaired) electrons. The van der Waals surface area contributed by atoms with Gasteiger partial charge in [-0.1, -0.05) is 18.2 Å². The average molecular weight is 413 g/mol. The Morgan fingerprint density at radius 2 is 1.97 bits per heavy atom. The number of benzene rings is 2. The lowest BCUT2D eigenvalue weighted by atomic mass is 10.1. The molecule has 2 aromatic carbocycles. The average Bonchev–Trinajstić information content (AvgIpc) is 3.24. The van der Waals surface area contributed by atoms with Gasteiger partial charge in [0.15, 0.2) is 5.58 Å². The maximum atomic E-state index is 12.6. The quantitative estimate of drug-likeness (QED) is 0.521. The topological polar surface area (TPSA) is 83.3 Å². The second kappa shape index (κ2) is 8.67. The van der Waals surface area contributed by atoms with Crippen molar-refractivity contribution >= 4 is 22.7 Å². The Bertz CT molecular complexity index is 1200. The van der Waals surface area contributed by atoms with Gasteiger partial charge in [-0.05, 0) is 42.0 Å². The molecule has 0 unspecified atom stereocenters. The van der Waals surface area contributed by atoms with Crippen molar-refractivity contribution in [1.29, 1.82) is 0 Å². The molecule has 1 saturated heterocycles. The number of piperazine rings is 1. The van der Waals surface area contributed by atoms with Gasteiger partial charge in [0.1, 0.15) is 5.52 Å². The SMILES string of the molecule is O=C(Nc1ccccc1-c1nc2ccc(CN3CCNCC3)cc2o1)c1cccnc1. The fraction of sp³-hybridized carbons (Fsp3) is 0.208. The van der Waals surface area contributed by atoms with Crippen molar-refractivity contribution in [1.82, 2.24) is 20.2 Å². The minimum absolute atomic E-state index is 0.227. The highest BCUT2D eigenvalue weighted by Gasteiger charge is 2.16. The van der Waals surface area contributed by atoms with Crippen molar-refractivity contribution in [2.24, 2.45) is 0 Å². The number of oxazole rings is 1. The number of nitrogens with zero attached hydrogens (tertiary/aromatic N) is 3. The van der Waals surface area contributed by atoms with Gasteiger partial charge in [0.2, 0.25) is 5.89 Å². The molecule has 1 aliphatic heterocycles. The zero-order valence-electron chi connectivity index (χ0n) is 17.0. The van der Waals surface area contributed by atoms with E-state index in [-0.39, 0.29) is 5.91 Å². The molecule has 5 rings (SSSR count). The number of carbonyl (C=O) groups excluding carboxylic acids is 1. The fourth-order valence-corrected chi connectivity index (χ4v) is 3.78. The first-order valence-corrected chi connectivity index (χ1v) is 10.4. The number of aromatic nitrogens is 2. The number of nitrogens with one attached hydrogen (secondary N) is 2. The number of hydrogen-bond acceptors (Lipinski definition) is 6. The second-order valence-electron chi connectivity index (χ2n) is 7.59. The Balaban J connectivity index is 1.41. The van der Waals surface area contributed by atoms with Crippen molar-refractivity contribution in [3.8, 4) is 11.5 Å². The molecule has 0 saturated carbocycles. The Hall–Kier alpha value is -3.55. The smallest absolute Gasteiger partial charge is 0.257 e. The summed E-state index contributed by atoms with van der Waals surface area (Å²) in [5.41, 5.74) is 4.62. The molecule has 0 atom stereocenters. The van der Waals surface area contributed by atoms with Gasteiger partial charge in [-0.3, -0.25) is 14.7 Å². The maximum Gasteiger partial charge on any atom is 0.257 e. The van der Waals surface area contributed by atoms with Crippen LogP contribution in [-0.2, 0) is 6.54 Å². The van der Waals surface area contributed by atoms with Crippen LogP contribution < -0.4 is 10.6 Å². The lowest BCUT2D eigenvalue weighted by molar-refractivity contribution is 0.102. The summed E-state index contributed by atoms with van der Waals surface area (Å²) in [7, 11) is 0. The molecule has 156 valence electrons. The Morgan fingerprint density at radius 1 is 1.10 bits per heavy atom. The summed E-state index contributed by atoms with van der Waals surface area (Å²) in [5.74, 6) is 0.256. The van der Waals surface area contributed by atoms with E-state index >= 15 is 0 Å². The van der Waals surface area contributed by atoms with Gasteiger partial charge in [-0.15, -0.1) is 0 Å². The summed E-state index contributed by atoms with van der Waals surface area (Å²) in [6, 6.07) is 17.1. The van der Waals surface area contributed by atoms with Crippen LogP contribution in [0.2, 0.25) is 0 Å². The molecule has 0 aliphatic carbocycles.